The van der Waals surface area contributed by atoms with Gasteiger partial charge in [0.15, 0.2) is 5.13 Å². The van der Waals surface area contributed by atoms with Gasteiger partial charge in [-0.05, 0) is 6.07 Å². The van der Waals surface area contributed by atoms with E-state index in [2.05, 4.69) is 10.3 Å². The first-order valence-corrected chi connectivity index (χ1v) is 9.35. The molecule has 1 heterocycles. The normalized spacial score (nSPS) is 11.3. The van der Waals surface area contributed by atoms with Crippen LogP contribution < -0.4 is 5.32 Å². The highest BCUT2D eigenvalue weighted by Gasteiger charge is 2.12. The first-order chi connectivity index (χ1) is 9.85. The van der Waals surface area contributed by atoms with Crippen LogP contribution >= 0.6 is 22.9 Å². The Labute approximate surface area is 131 Å². The number of carbonyl (C=O) groups is 1. The highest BCUT2D eigenvalue weighted by molar-refractivity contribution is 7.90. The molecule has 0 radical (unpaired) electrons. The second-order valence-electron chi connectivity index (χ2n) is 4.45. The van der Waals surface area contributed by atoms with Gasteiger partial charge in [0, 0.05) is 28.6 Å². The summed E-state index contributed by atoms with van der Waals surface area (Å²) in [6, 6.07) is 7.28. The van der Waals surface area contributed by atoms with E-state index >= 15 is 0 Å². The van der Waals surface area contributed by atoms with Crippen LogP contribution in [-0.2, 0) is 14.6 Å². The molecule has 0 saturated heterocycles. The Morgan fingerprint density at radius 2 is 2.10 bits per heavy atom. The minimum atomic E-state index is -3.15. The van der Waals surface area contributed by atoms with Crippen LogP contribution in [0, 0.1) is 0 Å². The number of thiazole rings is 1. The maximum Gasteiger partial charge on any atom is 0.227 e. The molecule has 0 aliphatic heterocycles. The molecule has 0 unspecified atom stereocenters. The number of hydrogen-bond acceptors (Lipinski definition) is 5. The third-order valence-electron chi connectivity index (χ3n) is 2.60. The van der Waals surface area contributed by atoms with Gasteiger partial charge in [-0.15, -0.1) is 11.3 Å². The van der Waals surface area contributed by atoms with Gasteiger partial charge in [-0.25, -0.2) is 13.4 Å². The van der Waals surface area contributed by atoms with Crippen LogP contribution in [0.25, 0.3) is 11.3 Å². The Morgan fingerprint density at radius 3 is 2.76 bits per heavy atom. The van der Waals surface area contributed by atoms with E-state index < -0.39 is 9.84 Å². The first kappa shape index (κ1) is 15.9. The number of hydrogen-bond donors (Lipinski definition) is 1. The summed E-state index contributed by atoms with van der Waals surface area (Å²) < 4.78 is 22.0. The van der Waals surface area contributed by atoms with Crippen molar-refractivity contribution in [1.82, 2.24) is 4.98 Å². The standard InChI is InChI=1S/C13H13ClN2O3S2/c1-21(18,19)7-6-12(17)16-13-15-11(8-20-13)9-4-2-3-5-10(9)14/h2-5,8H,6-7H2,1H3,(H,15,16,17). The molecule has 0 atom stereocenters. The predicted molar refractivity (Wildman–Crippen MR) is 85.5 cm³/mol. The summed E-state index contributed by atoms with van der Waals surface area (Å²) in [5, 5.41) is 5.37. The Hall–Kier alpha value is -1.44. The zero-order valence-corrected chi connectivity index (χ0v) is 13.6. The van der Waals surface area contributed by atoms with Crippen molar-refractivity contribution in [3.05, 3.63) is 34.7 Å². The van der Waals surface area contributed by atoms with Gasteiger partial charge < -0.3 is 5.32 Å². The number of nitrogens with zero attached hydrogens (tertiary/aromatic N) is 1. The van der Waals surface area contributed by atoms with E-state index in [-0.39, 0.29) is 18.1 Å². The molecule has 0 bridgehead atoms. The first-order valence-electron chi connectivity index (χ1n) is 6.03. The van der Waals surface area contributed by atoms with E-state index in [4.69, 9.17) is 11.6 Å². The molecule has 5 nitrogen and oxygen atoms in total. The van der Waals surface area contributed by atoms with E-state index in [1.807, 2.05) is 18.2 Å². The molecule has 8 heteroatoms. The van der Waals surface area contributed by atoms with E-state index in [1.54, 1.807) is 11.4 Å². The molecular weight excluding hydrogens is 332 g/mol. The molecule has 1 aromatic heterocycles. The lowest BCUT2D eigenvalue weighted by Gasteiger charge is -2.01. The number of nitrogens with one attached hydrogen (secondary N) is 1. The summed E-state index contributed by atoms with van der Waals surface area (Å²) in [5.41, 5.74) is 1.45. The fraction of sp³-hybridized carbons (Fsp3) is 0.231. The summed E-state index contributed by atoms with van der Waals surface area (Å²) in [7, 11) is -3.15. The molecule has 0 spiro atoms. The Kier molecular flexibility index (Phi) is 4.97. The van der Waals surface area contributed by atoms with Gasteiger partial charge in [0.2, 0.25) is 5.91 Å². The second-order valence-corrected chi connectivity index (χ2v) is 7.97. The van der Waals surface area contributed by atoms with Crippen molar-refractivity contribution in [3.63, 3.8) is 0 Å². The number of aromatic nitrogens is 1. The smallest absolute Gasteiger partial charge is 0.227 e. The molecule has 1 N–H and O–H groups in total. The highest BCUT2D eigenvalue weighted by Crippen LogP contribution is 2.30. The number of carbonyl (C=O) groups excluding carboxylic acids is 1. The van der Waals surface area contributed by atoms with Gasteiger partial charge >= 0.3 is 0 Å². The Balaban J connectivity index is 2.04. The maximum absolute atomic E-state index is 11.6. The molecule has 1 amide bonds. The summed E-state index contributed by atoms with van der Waals surface area (Å²) >= 11 is 7.35. The van der Waals surface area contributed by atoms with Crippen LogP contribution in [0.2, 0.25) is 5.02 Å². The van der Waals surface area contributed by atoms with Crippen molar-refractivity contribution in [2.75, 3.05) is 17.3 Å². The number of amides is 1. The predicted octanol–water partition coefficient (Wildman–Crippen LogP) is 2.84. The number of rotatable bonds is 5. The topological polar surface area (TPSA) is 76.1 Å². The fourth-order valence-corrected chi connectivity index (χ4v) is 3.10. The van der Waals surface area contributed by atoms with Gasteiger partial charge in [0.25, 0.3) is 0 Å². The molecule has 0 saturated carbocycles. The SMILES string of the molecule is CS(=O)(=O)CCC(=O)Nc1nc(-c2ccccc2Cl)cs1. The molecule has 0 fully saturated rings. The summed E-state index contributed by atoms with van der Waals surface area (Å²) in [5.74, 6) is -0.554. The van der Waals surface area contributed by atoms with Crippen LogP contribution in [0.15, 0.2) is 29.6 Å². The number of anilines is 1. The molecule has 1 aromatic carbocycles. The summed E-state index contributed by atoms with van der Waals surface area (Å²) in [4.78, 5) is 15.9. The Bertz CT molecular complexity index is 756. The Morgan fingerprint density at radius 1 is 1.38 bits per heavy atom. The zero-order chi connectivity index (χ0) is 15.5. The third-order valence-corrected chi connectivity index (χ3v) is 4.63. The van der Waals surface area contributed by atoms with Gasteiger partial charge in [-0.3, -0.25) is 4.79 Å². The van der Waals surface area contributed by atoms with Crippen molar-refractivity contribution in [1.29, 1.82) is 0 Å². The number of benzene rings is 1. The number of sulfone groups is 1. The van der Waals surface area contributed by atoms with Gasteiger partial charge in [-0.1, -0.05) is 29.8 Å². The van der Waals surface area contributed by atoms with Gasteiger partial charge in [-0.2, -0.15) is 0 Å². The average Bonchev–Trinajstić information content (AvgIpc) is 2.84. The molecule has 21 heavy (non-hydrogen) atoms. The molecule has 112 valence electrons. The fourth-order valence-electron chi connectivity index (χ4n) is 1.58. The van der Waals surface area contributed by atoms with Crippen molar-refractivity contribution in [3.8, 4) is 11.3 Å². The summed E-state index contributed by atoms with van der Waals surface area (Å²) in [6.07, 6.45) is 1.01. The zero-order valence-electron chi connectivity index (χ0n) is 11.2. The lowest BCUT2D eigenvalue weighted by molar-refractivity contribution is -0.115. The maximum atomic E-state index is 11.6. The largest absolute Gasteiger partial charge is 0.302 e. The van der Waals surface area contributed by atoms with Crippen molar-refractivity contribution in [2.24, 2.45) is 0 Å². The lowest BCUT2D eigenvalue weighted by atomic mass is 10.2. The van der Waals surface area contributed by atoms with E-state index in [0.717, 1.165) is 11.8 Å². The van der Waals surface area contributed by atoms with Crippen LogP contribution in [-0.4, -0.2) is 31.3 Å². The monoisotopic (exact) mass is 344 g/mol. The lowest BCUT2D eigenvalue weighted by Crippen LogP contribution is -2.16. The van der Waals surface area contributed by atoms with Crippen molar-refractivity contribution < 1.29 is 13.2 Å². The van der Waals surface area contributed by atoms with Crippen molar-refractivity contribution in [2.45, 2.75) is 6.42 Å². The molecule has 2 aromatic rings. The van der Waals surface area contributed by atoms with Crippen molar-refractivity contribution >= 4 is 43.8 Å². The minimum Gasteiger partial charge on any atom is -0.302 e. The quantitative estimate of drug-likeness (QED) is 0.904. The average molecular weight is 345 g/mol. The van der Waals surface area contributed by atoms with Crippen LogP contribution in [0.1, 0.15) is 6.42 Å². The van der Waals surface area contributed by atoms with Gasteiger partial charge in [0.05, 0.1) is 11.4 Å². The number of halogens is 1. The van der Waals surface area contributed by atoms with Crippen LogP contribution in [0.4, 0.5) is 5.13 Å². The molecule has 2 rings (SSSR count). The molecule has 0 aliphatic carbocycles. The van der Waals surface area contributed by atoms with E-state index in [0.29, 0.717) is 15.8 Å². The molecular formula is C13H13ClN2O3S2. The van der Waals surface area contributed by atoms with E-state index in [1.165, 1.54) is 11.3 Å². The van der Waals surface area contributed by atoms with Crippen LogP contribution in [0.5, 0.6) is 0 Å². The molecule has 0 aliphatic rings. The third kappa shape index (κ3) is 4.80. The summed E-state index contributed by atoms with van der Waals surface area (Å²) in [6.45, 7) is 0. The van der Waals surface area contributed by atoms with Gasteiger partial charge in [0.1, 0.15) is 9.84 Å². The van der Waals surface area contributed by atoms with E-state index in [9.17, 15) is 13.2 Å². The highest BCUT2D eigenvalue weighted by atomic mass is 35.5. The van der Waals surface area contributed by atoms with Crippen LogP contribution in [0.3, 0.4) is 0 Å². The second kappa shape index (κ2) is 6.55. The minimum absolute atomic E-state index is 0.0835.